The van der Waals surface area contributed by atoms with Gasteiger partial charge in [-0.15, -0.1) is 0 Å². The third-order valence-corrected chi connectivity index (χ3v) is 12.0. The Morgan fingerprint density at radius 1 is 0.696 bits per heavy atom. The number of rotatable bonds is 13. The Morgan fingerprint density at radius 2 is 1.20 bits per heavy atom. The van der Waals surface area contributed by atoms with Crippen LogP contribution in [0.4, 0.5) is 23.4 Å². The Bertz CT molecular complexity index is 3280. The predicted octanol–water partition coefficient (Wildman–Crippen LogP) is 8.48. The number of benzene rings is 2. The molecule has 2 saturated carbocycles. The van der Waals surface area contributed by atoms with E-state index in [1.807, 2.05) is 26.0 Å². The van der Waals surface area contributed by atoms with Gasteiger partial charge in [0.15, 0.2) is 11.2 Å². The molecule has 0 amide bonds. The number of aromatic amines is 2. The Labute approximate surface area is 400 Å². The first-order chi connectivity index (χ1) is 33.1. The largest absolute Gasteiger partial charge is 0.477 e. The van der Waals surface area contributed by atoms with Gasteiger partial charge in [-0.1, -0.05) is 15.9 Å². The monoisotopic (exact) mass is 1010 g/mol. The van der Waals surface area contributed by atoms with E-state index in [1.54, 1.807) is 42.9 Å². The maximum absolute atomic E-state index is 13.9. The number of hydrogen-bond donors (Lipinski definition) is 2. The van der Waals surface area contributed by atoms with Crippen LogP contribution in [0.25, 0.3) is 22.6 Å². The molecule has 69 heavy (non-hydrogen) atoms. The lowest BCUT2D eigenvalue weighted by Crippen LogP contribution is -2.32. The zero-order valence-electron chi connectivity index (χ0n) is 38.1. The van der Waals surface area contributed by atoms with Gasteiger partial charge in [0.25, 0.3) is 11.1 Å². The van der Waals surface area contributed by atoms with E-state index in [0.717, 1.165) is 30.5 Å². The zero-order chi connectivity index (χ0) is 49.1. The van der Waals surface area contributed by atoms with E-state index < -0.39 is 40.2 Å². The molecule has 2 N–H and O–H groups in total. The molecule has 0 radical (unpaired) electrons. The molecule has 10 rings (SSSR count). The van der Waals surface area contributed by atoms with Gasteiger partial charge in [-0.3, -0.25) is 28.7 Å². The highest BCUT2D eigenvalue weighted by Crippen LogP contribution is 2.35. The number of halogens is 5. The van der Waals surface area contributed by atoms with Crippen LogP contribution in [-0.2, 0) is 18.3 Å². The summed E-state index contributed by atoms with van der Waals surface area (Å²) >= 11 is 3.09. The van der Waals surface area contributed by atoms with E-state index in [9.17, 15) is 36.7 Å². The van der Waals surface area contributed by atoms with E-state index in [4.69, 9.17) is 9.47 Å². The van der Waals surface area contributed by atoms with Crippen LogP contribution in [0.2, 0.25) is 0 Å². The molecule has 3 aliphatic rings. The van der Waals surface area contributed by atoms with Crippen molar-refractivity contribution >= 4 is 38.6 Å². The minimum atomic E-state index is -0.733. The van der Waals surface area contributed by atoms with Crippen molar-refractivity contribution in [1.82, 2.24) is 38.6 Å². The van der Waals surface area contributed by atoms with E-state index >= 15 is 0 Å². The lowest BCUT2D eigenvalue weighted by atomic mass is 10.1. The molecule has 2 aromatic carbocycles. The number of pyridine rings is 2. The quantitative estimate of drug-likeness (QED) is 0.0845. The number of nitrogens with zero attached hydrogens (tertiary/aromatic N) is 7. The minimum absolute atomic E-state index is 0.0587. The van der Waals surface area contributed by atoms with Crippen molar-refractivity contribution in [3.8, 4) is 23.1 Å². The predicted molar refractivity (Wildman–Crippen MR) is 255 cm³/mol. The lowest BCUT2D eigenvalue weighted by molar-refractivity contribution is 0.288. The molecule has 5 aromatic heterocycles. The molecule has 2 fully saturated rings. The lowest BCUT2D eigenvalue weighted by Gasteiger charge is -2.13. The number of alkyl halides is 1. The summed E-state index contributed by atoms with van der Waals surface area (Å²) in [5.74, 6) is 0.197. The maximum Gasteiger partial charge on any atom is 0.330 e. The first-order valence-electron chi connectivity index (χ1n) is 22.4. The van der Waals surface area contributed by atoms with Crippen molar-refractivity contribution in [1.29, 1.82) is 0 Å². The van der Waals surface area contributed by atoms with Gasteiger partial charge in [0.1, 0.15) is 34.9 Å². The Balaban J connectivity index is 0.000000160. The van der Waals surface area contributed by atoms with E-state index in [2.05, 4.69) is 45.8 Å². The average molecular weight is 1010 g/mol. The van der Waals surface area contributed by atoms with Crippen molar-refractivity contribution < 1.29 is 27.0 Å². The van der Waals surface area contributed by atoms with E-state index in [1.165, 1.54) is 46.2 Å². The summed E-state index contributed by atoms with van der Waals surface area (Å²) < 4.78 is 68.8. The smallest absolute Gasteiger partial charge is 0.330 e. The molecule has 0 bridgehead atoms. The van der Waals surface area contributed by atoms with Crippen LogP contribution in [0, 0.1) is 35.1 Å². The summed E-state index contributed by atoms with van der Waals surface area (Å²) in [6, 6.07) is 13.4. The van der Waals surface area contributed by atoms with Crippen LogP contribution in [-0.4, -0.2) is 57.5 Å². The summed E-state index contributed by atoms with van der Waals surface area (Å²) in [4.78, 5) is 72.5. The number of nitrogens with one attached hydrogen (secondary N) is 2. The molecule has 0 unspecified atom stereocenters. The number of H-pyrrole nitrogens is 2. The summed E-state index contributed by atoms with van der Waals surface area (Å²) in [6.45, 7) is 8.49. The molecular weight excluding hydrogens is 966 g/mol. The van der Waals surface area contributed by atoms with Gasteiger partial charge in [0.2, 0.25) is 11.8 Å². The summed E-state index contributed by atoms with van der Waals surface area (Å²) in [5.41, 5.74) is 1.67. The van der Waals surface area contributed by atoms with Crippen LogP contribution in [0.1, 0.15) is 87.7 Å². The topological polar surface area (TPSA) is 184 Å². The zero-order valence-corrected chi connectivity index (χ0v) is 39.7. The second kappa shape index (κ2) is 20.7. The van der Waals surface area contributed by atoms with Gasteiger partial charge in [-0.25, -0.2) is 47.1 Å². The van der Waals surface area contributed by atoms with Crippen molar-refractivity contribution in [2.75, 3.05) is 13.2 Å². The van der Waals surface area contributed by atoms with Gasteiger partial charge < -0.3 is 14.0 Å². The molecule has 2 aliphatic carbocycles. The van der Waals surface area contributed by atoms with Crippen molar-refractivity contribution in [2.45, 2.75) is 83.8 Å². The highest BCUT2D eigenvalue weighted by atomic mass is 79.9. The fourth-order valence-corrected chi connectivity index (χ4v) is 8.07. The SMILES string of the molecule is CC(C)n1c(=O)[nH]c(=O)c2c1nc(-c1cccnc1OCC1CC1)n2Cc1cc(F)cc(F)c1.CC(C)n1c2c(c(=O)[nH]c1=O)CC(c1cccnc1OCC1CC1)=N2.Fc1cc(F)cc(CBr)c1. The summed E-state index contributed by atoms with van der Waals surface area (Å²) in [6.07, 6.45) is 8.24. The number of ether oxygens (including phenoxy) is 2. The van der Waals surface area contributed by atoms with Crippen molar-refractivity contribution in [3.05, 3.63) is 160 Å². The van der Waals surface area contributed by atoms with Gasteiger partial charge in [0, 0.05) is 48.4 Å². The fraction of sp³-hybridized carbons (Fsp3) is 0.347. The Kier molecular flexibility index (Phi) is 14.6. The highest BCUT2D eigenvalue weighted by Gasteiger charge is 2.29. The van der Waals surface area contributed by atoms with Crippen LogP contribution in [0.3, 0.4) is 0 Å². The first kappa shape index (κ1) is 48.5. The van der Waals surface area contributed by atoms with Crippen molar-refractivity contribution in [2.24, 2.45) is 16.8 Å². The maximum atomic E-state index is 13.9. The summed E-state index contributed by atoms with van der Waals surface area (Å²) in [5, 5.41) is 0.474. The third-order valence-electron chi connectivity index (χ3n) is 11.4. The molecule has 20 heteroatoms. The van der Waals surface area contributed by atoms with Crippen LogP contribution in [0.5, 0.6) is 11.8 Å². The number of imidazole rings is 1. The number of hydrogen-bond acceptors (Lipinski definition) is 10. The van der Waals surface area contributed by atoms with Crippen LogP contribution in [0.15, 0.2) is 97.2 Å². The highest BCUT2D eigenvalue weighted by molar-refractivity contribution is 9.08. The standard InChI is InChI=1S/C24H23F2N5O3.C18H20N4O3.C7H5BrF2/c1-13(2)31-21-19(22(32)29-24(31)33)30(11-15-8-16(25)10-17(26)9-15)20(28-21)18-4-3-7-27-23(18)34-12-14-5-6-14;1-10(2)22-15-13(16(23)21-18(22)24)8-14(20-15)12-4-3-7-19-17(12)25-9-11-5-6-11;8-4-5-1-6(9)3-7(10)2-5/h3-4,7-10,13-14H,5-6,11-12H2,1-2H3,(H,29,32,33);3-4,7,10-11H,5-6,8-9H2,1-2H3,(H,21,23,24);1-3H,4H2. The fourth-order valence-electron chi connectivity index (χ4n) is 7.75. The summed E-state index contributed by atoms with van der Waals surface area (Å²) in [7, 11) is 0. The molecule has 15 nitrogen and oxygen atoms in total. The molecule has 1 aliphatic heterocycles. The van der Waals surface area contributed by atoms with Crippen LogP contribution < -0.4 is 32.0 Å². The minimum Gasteiger partial charge on any atom is -0.477 e. The van der Waals surface area contributed by atoms with Gasteiger partial charge in [-0.2, -0.15) is 0 Å². The molecular formula is C49H48BrF4N9O6. The number of fused-ring (bicyclic) bond motifs is 2. The molecule has 360 valence electrons. The van der Waals surface area contributed by atoms with Crippen molar-refractivity contribution in [3.63, 3.8) is 0 Å². The molecule has 7 aromatic rings. The van der Waals surface area contributed by atoms with Gasteiger partial charge in [-0.05, 0) is 125 Å². The second-order valence-electron chi connectivity index (χ2n) is 17.6. The number of aromatic nitrogens is 8. The second-order valence-corrected chi connectivity index (χ2v) is 18.1. The molecule has 0 atom stereocenters. The van der Waals surface area contributed by atoms with E-state index in [0.29, 0.717) is 88.2 Å². The Hall–Kier alpha value is -6.96. The third kappa shape index (κ3) is 11.3. The van der Waals surface area contributed by atoms with Gasteiger partial charge in [0.05, 0.1) is 42.2 Å². The first-order valence-corrected chi connectivity index (χ1v) is 23.5. The molecule has 0 spiro atoms. The molecule has 0 saturated heterocycles. The van der Waals surface area contributed by atoms with Gasteiger partial charge >= 0.3 is 11.4 Å². The average Bonchev–Trinajstić information content (AvgIpc) is 4.23. The molecule has 6 heterocycles. The number of aliphatic imine (C=N–C) groups is 1. The normalized spacial score (nSPS) is 14.0. The van der Waals surface area contributed by atoms with Crippen LogP contribution >= 0.6 is 15.9 Å². The Morgan fingerprint density at radius 3 is 1.74 bits per heavy atom. The van der Waals surface area contributed by atoms with E-state index in [-0.39, 0.29) is 35.4 Å².